The molecule has 0 saturated heterocycles. The van der Waals surface area contributed by atoms with E-state index >= 15 is 0 Å². The van der Waals surface area contributed by atoms with Gasteiger partial charge in [-0.2, -0.15) is 0 Å². The van der Waals surface area contributed by atoms with Crippen molar-refractivity contribution in [2.75, 3.05) is 5.73 Å². The van der Waals surface area contributed by atoms with Gasteiger partial charge in [-0.25, -0.2) is 9.78 Å². The second-order valence-electron chi connectivity index (χ2n) is 3.17. The maximum absolute atomic E-state index is 10.7. The van der Waals surface area contributed by atoms with Gasteiger partial charge in [0.1, 0.15) is 5.01 Å². The van der Waals surface area contributed by atoms with E-state index in [1.54, 1.807) is 12.1 Å². The van der Waals surface area contributed by atoms with Gasteiger partial charge in [0.05, 0.1) is 15.7 Å². The number of anilines is 1. The van der Waals surface area contributed by atoms with Gasteiger partial charge in [0.25, 0.3) is 0 Å². The average molecular weight is 289 g/mol. The number of aromatic carboxylic acids is 1. The summed E-state index contributed by atoms with van der Waals surface area (Å²) in [4.78, 5) is 14.7. The molecule has 2 aromatic rings. The molecular weight excluding hydrogens is 283 g/mol. The van der Waals surface area contributed by atoms with Crippen molar-refractivity contribution in [2.24, 2.45) is 0 Å². The molecule has 1 heterocycles. The molecule has 0 spiro atoms. The summed E-state index contributed by atoms with van der Waals surface area (Å²) in [5, 5.41) is 11.3. The third-order valence-electron chi connectivity index (χ3n) is 2.06. The molecule has 0 unspecified atom stereocenters. The average Bonchev–Trinajstić information content (AvgIpc) is 2.73. The molecule has 0 bridgehead atoms. The van der Waals surface area contributed by atoms with E-state index in [1.807, 2.05) is 0 Å². The summed E-state index contributed by atoms with van der Waals surface area (Å²) in [5.74, 6) is -1.09. The lowest BCUT2D eigenvalue weighted by Crippen LogP contribution is -1.96. The summed E-state index contributed by atoms with van der Waals surface area (Å²) in [7, 11) is 0. The number of nitrogen functional groups attached to an aromatic ring is 1. The van der Waals surface area contributed by atoms with Crippen LogP contribution in [-0.4, -0.2) is 16.1 Å². The summed E-state index contributed by atoms with van der Waals surface area (Å²) >= 11 is 13.2. The summed E-state index contributed by atoms with van der Waals surface area (Å²) in [6.07, 6.45) is 0. The first-order chi connectivity index (χ1) is 8.00. The Balaban J connectivity index is 2.60. The van der Waals surface area contributed by atoms with Gasteiger partial charge >= 0.3 is 5.97 Å². The molecule has 0 aliphatic heterocycles. The van der Waals surface area contributed by atoms with Crippen molar-refractivity contribution in [2.45, 2.75) is 0 Å². The van der Waals surface area contributed by atoms with E-state index in [0.717, 1.165) is 11.3 Å². The predicted molar refractivity (Wildman–Crippen MR) is 68.9 cm³/mol. The Kier molecular flexibility index (Phi) is 3.24. The largest absolute Gasteiger partial charge is 0.476 e. The fraction of sp³-hybridized carbons (Fsp3) is 0. The molecule has 4 nitrogen and oxygen atoms in total. The number of rotatable bonds is 2. The van der Waals surface area contributed by atoms with Crippen molar-refractivity contribution >= 4 is 46.2 Å². The molecule has 0 saturated carbocycles. The highest BCUT2D eigenvalue weighted by Gasteiger charge is 2.16. The number of thiazole rings is 1. The van der Waals surface area contributed by atoms with Crippen LogP contribution in [0.2, 0.25) is 10.0 Å². The number of nitrogens with two attached hydrogens (primary N) is 1. The standard InChI is InChI=1S/C10H6Cl2N2O2S/c11-4-1-2-5(13)8(12)7(4)9-14-6(3-17-9)10(15)16/h1-3H,13H2,(H,15,16). The maximum Gasteiger partial charge on any atom is 0.355 e. The van der Waals surface area contributed by atoms with Crippen LogP contribution in [-0.2, 0) is 0 Å². The molecule has 2 rings (SSSR count). The third-order valence-corrected chi connectivity index (χ3v) is 3.64. The normalized spacial score (nSPS) is 10.5. The highest BCUT2D eigenvalue weighted by molar-refractivity contribution is 7.13. The summed E-state index contributed by atoms with van der Waals surface area (Å²) < 4.78 is 0. The lowest BCUT2D eigenvalue weighted by atomic mass is 10.2. The third kappa shape index (κ3) is 2.22. The van der Waals surface area contributed by atoms with Gasteiger partial charge < -0.3 is 10.8 Å². The first kappa shape index (κ1) is 12.2. The SMILES string of the molecule is Nc1ccc(Cl)c(-c2nc(C(=O)O)cs2)c1Cl. The van der Waals surface area contributed by atoms with E-state index < -0.39 is 5.97 Å². The molecule has 1 aromatic heterocycles. The van der Waals surface area contributed by atoms with Crippen molar-refractivity contribution in [3.8, 4) is 10.6 Å². The quantitative estimate of drug-likeness (QED) is 0.831. The van der Waals surface area contributed by atoms with Gasteiger partial charge in [-0.1, -0.05) is 23.2 Å². The number of hydrogen-bond donors (Lipinski definition) is 2. The van der Waals surface area contributed by atoms with E-state index in [0.29, 0.717) is 21.3 Å². The fourth-order valence-electron chi connectivity index (χ4n) is 1.25. The Morgan fingerprint density at radius 3 is 2.71 bits per heavy atom. The lowest BCUT2D eigenvalue weighted by Gasteiger charge is -2.05. The number of carbonyl (C=O) groups is 1. The molecule has 0 atom stereocenters. The van der Waals surface area contributed by atoms with Gasteiger partial charge in [0.2, 0.25) is 0 Å². The Morgan fingerprint density at radius 1 is 1.41 bits per heavy atom. The van der Waals surface area contributed by atoms with E-state index in [9.17, 15) is 4.79 Å². The Hall–Kier alpha value is -1.30. The van der Waals surface area contributed by atoms with Crippen LogP contribution in [0.1, 0.15) is 10.5 Å². The minimum absolute atomic E-state index is 0.0421. The van der Waals surface area contributed by atoms with Crippen molar-refractivity contribution in [3.05, 3.63) is 33.3 Å². The van der Waals surface area contributed by atoms with Crippen LogP contribution in [0.5, 0.6) is 0 Å². The number of halogens is 2. The molecule has 3 N–H and O–H groups in total. The molecular formula is C10H6Cl2N2O2S. The van der Waals surface area contributed by atoms with E-state index in [1.165, 1.54) is 5.38 Å². The van der Waals surface area contributed by atoms with Crippen LogP contribution < -0.4 is 5.73 Å². The minimum Gasteiger partial charge on any atom is -0.476 e. The summed E-state index contributed by atoms with van der Waals surface area (Å²) in [6.45, 7) is 0. The number of aromatic nitrogens is 1. The van der Waals surface area contributed by atoms with E-state index in [2.05, 4.69) is 4.98 Å². The Morgan fingerprint density at radius 2 is 2.12 bits per heavy atom. The van der Waals surface area contributed by atoms with Crippen molar-refractivity contribution in [1.29, 1.82) is 0 Å². The van der Waals surface area contributed by atoms with Gasteiger partial charge in [-0.3, -0.25) is 0 Å². The predicted octanol–water partition coefficient (Wildman–Crippen LogP) is 3.40. The highest BCUT2D eigenvalue weighted by atomic mass is 35.5. The van der Waals surface area contributed by atoms with Crippen LogP contribution in [0.4, 0.5) is 5.69 Å². The number of hydrogen-bond acceptors (Lipinski definition) is 4. The first-order valence-electron chi connectivity index (χ1n) is 4.43. The second kappa shape index (κ2) is 4.52. The van der Waals surface area contributed by atoms with Gasteiger partial charge in [-0.15, -0.1) is 11.3 Å². The van der Waals surface area contributed by atoms with Crippen LogP contribution in [0.15, 0.2) is 17.5 Å². The number of benzene rings is 1. The van der Waals surface area contributed by atoms with Gasteiger partial charge in [-0.05, 0) is 12.1 Å². The van der Waals surface area contributed by atoms with E-state index in [-0.39, 0.29) is 10.7 Å². The number of nitrogens with zero attached hydrogens (tertiary/aromatic N) is 1. The molecule has 17 heavy (non-hydrogen) atoms. The number of carboxylic acid groups (broad SMARTS) is 1. The molecule has 0 radical (unpaired) electrons. The van der Waals surface area contributed by atoms with E-state index in [4.69, 9.17) is 34.0 Å². The first-order valence-corrected chi connectivity index (χ1v) is 6.07. The van der Waals surface area contributed by atoms with Crippen molar-refractivity contribution in [1.82, 2.24) is 4.98 Å². The van der Waals surface area contributed by atoms with Crippen LogP contribution in [0, 0.1) is 0 Å². The summed E-state index contributed by atoms with van der Waals surface area (Å²) in [6, 6.07) is 3.18. The summed E-state index contributed by atoms with van der Waals surface area (Å²) in [5.41, 5.74) is 6.46. The van der Waals surface area contributed by atoms with Crippen LogP contribution >= 0.6 is 34.5 Å². The maximum atomic E-state index is 10.7. The topological polar surface area (TPSA) is 76.2 Å². The number of carboxylic acids is 1. The zero-order valence-corrected chi connectivity index (χ0v) is 10.6. The molecule has 0 fully saturated rings. The Bertz CT molecular complexity index is 598. The Labute approximate surface area is 111 Å². The zero-order chi connectivity index (χ0) is 12.6. The lowest BCUT2D eigenvalue weighted by molar-refractivity contribution is 0.0691. The van der Waals surface area contributed by atoms with Gasteiger partial charge in [0, 0.05) is 10.9 Å². The monoisotopic (exact) mass is 288 g/mol. The molecule has 0 aliphatic rings. The van der Waals surface area contributed by atoms with Crippen LogP contribution in [0.3, 0.4) is 0 Å². The van der Waals surface area contributed by atoms with Crippen molar-refractivity contribution in [3.63, 3.8) is 0 Å². The zero-order valence-electron chi connectivity index (χ0n) is 8.28. The molecule has 0 aliphatic carbocycles. The molecule has 1 aromatic carbocycles. The van der Waals surface area contributed by atoms with Crippen molar-refractivity contribution < 1.29 is 9.90 Å². The fourth-order valence-corrected chi connectivity index (χ4v) is 2.77. The van der Waals surface area contributed by atoms with Gasteiger partial charge in [0.15, 0.2) is 5.69 Å². The molecule has 88 valence electrons. The second-order valence-corrected chi connectivity index (χ2v) is 4.81. The minimum atomic E-state index is -1.09. The molecule has 0 amide bonds. The van der Waals surface area contributed by atoms with Crippen LogP contribution in [0.25, 0.3) is 10.6 Å². The molecule has 7 heteroatoms. The smallest absolute Gasteiger partial charge is 0.355 e. The highest BCUT2D eigenvalue weighted by Crippen LogP contribution is 2.39.